The molecule has 3 rings (SSSR count). The van der Waals surface area contributed by atoms with Crippen LogP contribution < -0.4 is 16.0 Å². The highest BCUT2D eigenvalue weighted by molar-refractivity contribution is 5.94. The van der Waals surface area contributed by atoms with Gasteiger partial charge in [0.25, 0.3) is 0 Å². The maximum absolute atomic E-state index is 14.3. The van der Waals surface area contributed by atoms with Crippen LogP contribution >= 0.6 is 0 Å². The van der Waals surface area contributed by atoms with E-state index in [1.165, 1.54) is 6.07 Å². The van der Waals surface area contributed by atoms with Gasteiger partial charge in [-0.05, 0) is 56.7 Å². The Balaban J connectivity index is 1.63. The lowest BCUT2D eigenvalue weighted by molar-refractivity contribution is -0.118. The molecule has 8 heteroatoms. The van der Waals surface area contributed by atoms with E-state index in [2.05, 4.69) is 48.6 Å². The summed E-state index contributed by atoms with van der Waals surface area (Å²) < 4.78 is 29.8. The number of carbonyl (C=O) groups is 1. The summed E-state index contributed by atoms with van der Waals surface area (Å²) in [5.74, 6) is -0.682. The lowest BCUT2D eigenvalue weighted by atomic mass is 9.87. The Bertz CT molecular complexity index is 956. The van der Waals surface area contributed by atoms with Crippen molar-refractivity contribution >= 4 is 11.7 Å². The van der Waals surface area contributed by atoms with Crippen LogP contribution in [-0.4, -0.2) is 40.1 Å². The van der Waals surface area contributed by atoms with Gasteiger partial charge < -0.3 is 20.5 Å². The molecule has 0 saturated heterocycles. The van der Waals surface area contributed by atoms with Gasteiger partial charge in [0.15, 0.2) is 5.82 Å². The SMILES string of the molecule is CCC[C@H](N[C@H]1CCc2cc(F)cc(F)c2C1)C(=O)Nc1cn(C(C)(C)CNC(C)C)cn1. The standard InChI is InChI=1S/C25H37F2N5O/c1-6-7-22(30-19-9-8-17-10-18(26)11-21(27)20(17)12-19)24(33)31-23-13-32(15-29-23)25(4,5)14-28-16(2)3/h10-11,13,15-16,19,22,28,30H,6-9,12,14H2,1-5H3,(H,31,33)/t19-,22-/m0/s1. The molecule has 0 radical (unpaired) electrons. The van der Waals surface area contributed by atoms with E-state index < -0.39 is 17.7 Å². The Hall–Kier alpha value is -2.32. The van der Waals surface area contributed by atoms with Crippen LogP contribution in [-0.2, 0) is 23.2 Å². The highest BCUT2D eigenvalue weighted by atomic mass is 19.1. The quantitative estimate of drug-likeness (QED) is 0.497. The molecule has 2 atom stereocenters. The number of imidazole rings is 1. The van der Waals surface area contributed by atoms with Gasteiger partial charge in [-0.25, -0.2) is 13.8 Å². The molecule has 33 heavy (non-hydrogen) atoms. The van der Waals surface area contributed by atoms with Gasteiger partial charge in [0.1, 0.15) is 11.6 Å². The molecule has 3 N–H and O–H groups in total. The molecule has 1 aromatic heterocycles. The van der Waals surface area contributed by atoms with E-state index in [-0.39, 0.29) is 17.5 Å². The van der Waals surface area contributed by atoms with Crippen molar-refractivity contribution < 1.29 is 13.6 Å². The lowest BCUT2D eigenvalue weighted by Crippen LogP contribution is -2.48. The first kappa shape index (κ1) is 25.3. The Labute approximate surface area is 195 Å². The second-order valence-corrected chi connectivity index (χ2v) is 9.98. The maximum Gasteiger partial charge on any atom is 0.242 e. The summed E-state index contributed by atoms with van der Waals surface area (Å²) in [6.07, 6.45) is 6.84. The summed E-state index contributed by atoms with van der Waals surface area (Å²) in [6, 6.07) is 2.28. The van der Waals surface area contributed by atoms with Crippen molar-refractivity contribution in [2.24, 2.45) is 0 Å². The molecular formula is C25H37F2N5O. The molecule has 1 heterocycles. The second kappa shape index (κ2) is 10.7. The molecule has 1 aromatic carbocycles. The summed E-state index contributed by atoms with van der Waals surface area (Å²) in [7, 11) is 0. The minimum Gasteiger partial charge on any atom is -0.328 e. The van der Waals surface area contributed by atoms with Crippen molar-refractivity contribution in [3.63, 3.8) is 0 Å². The van der Waals surface area contributed by atoms with E-state index in [4.69, 9.17) is 0 Å². The number of fused-ring (bicyclic) bond motifs is 1. The zero-order valence-corrected chi connectivity index (χ0v) is 20.3. The van der Waals surface area contributed by atoms with E-state index in [1.807, 2.05) is 17.7 Å². The first-order valence-corrected chi connectivity index (χ1v) is 11.9. The van der Waals surface area contributed by atoms with Crippen LogP contribution in [0.1, 0.15) is 65.0 Å². The minimum absolute atomic E-state index is 0.0432. The normalized spacial score (nSPS) is 17.2. The van der Waals surface area contributed by atoms with Gasteiger partial charge in [0.2, 0.25) is 5.91 Å². The van der Waals surface area contributed by atoms with Gasteiger partial charge in [-0.2, -0.15) is 0 Å². The van der Waals surface area contributed by atoms with Gasteiger partial charge >= 0.3 is 0 Å². The third-order valence-electron chi connectivity index (χ3n) is 6.27. The van der Waals surface area contributed by atoms with Crippen LogP contribution in [0, 0.1) is 11.6 Å². The number of rotatable bonds is 10. The van der Waals surface area contributed by atoms with Crippen molar-refractivity contribution in [3.05, 3.63) is 47.4 Å². The highest BCUT2D eigenvalue weighted by Gasteiger charge is 2.28. The molecule has 182 valence electrons. The lowest BCUT2D eigenvalue weighted by Gasteiger charge is -2.29. The molecular weight excluding hydrogens is 424 g/mol. The van der Waals surface area contributed by atoms with Gasteiger partial charge in [0.05, 0.1) is 17.9 Å². The third-order valence-corrected chi connectivity index (χ3v) is 6.27. The Morgan fingerprint density at radius 3 is 2.76 bits per heavy atom. The topological polar surface area (TPSA) is 71.0 Å². The summed E-state index contributed by atoms with van der Waals surface area (Å²) in [4.78, 5) is 17.4. The molecule has 1 aliphatic rings. The van der Waals surface area contributed by atoms with Crippen LogP contribution in [0.15, 0.2) is 24.7 Å². The maximum atomic E-state index is 14.3. The molecule has 0 fully saturated rings. The number of hydrogen-bond acceptors (Lipinski definition) is 4. The van der Waals surface area contributed by atoms with E-state index in [0.29, 0.717) is 36.7 Å². The van der Waals surface area contributed by atoms with Gasteiger partial charge in [-0.15, -0.1) is 0 Å². The molecule has 0 spiro atoms. The fraction of sp³-hybridized carbons (Fsp3) is 0.600. The first-order valence-electron chi connectivity index (χ1n) is 11.9. The van der Waals surface area contributed by atoms with Gasteiger partial charge in [-0.1, -0.05) is 27.2 Å². The van der Waals surface area contributed by atoms with Crippen LogP contribution in [0.3, 0.4) is 0 Å². The number of nitrogens with one attached hydrogen (secondary N) is 3. The van der Waals surface area contributed by atoms with Gasteiger partial charge in [0, 0.05) is 30.9 Å². The monoisotopic (exact) mass is 461 g/mol. The number of carbonyl (C=O) groups excluding carboxylic acids is 1. The molecule has 6 nitrogen and oxygen atoms in total. The van der Waals surface area contributed by atoms with Crippen molar-refractivity contribution in [2.45, 2.75) is 90.4 Å². The Kier molecular flexibility index (Phi) is 8.23. The molecule has 0 bridgehead atoms. The number of nitrogens with zero attached hydrogens (tertiary/aromatic N) is 2. The molecule has 1 amide bonds. The van der Waals surface area contributed by atoms with E-state index in [0.717, 1.165) is 31.0 Å². The number of hydrogen-bond donors (Lipinski definition) is 3. The van der Waals surface area contributed by atoms with Crippen LogP contribution in [0.25, 0.3) is 0 Å². The van der Waals surface area contributed by atoms with E-state index >= 15 is 0 Å². The second-order valence-electron chi connectivity index (χ2n) is 9.98. The number of aryl methyl sites for hydroxylation is 1. The molecule has 0 aliphatic heterocycles. The number of aromatic nitrogens is 2. The smallest absolute Gasteiger partial charge is 0.242 e. The molecule has 1 aliphatic carbocycles. The minimum atomic E-state index is -0.538. The van der Waals surface area contributed by atoms with Crippen molar-refractivity contribution in [2.75, 3.05) is 11.9 Å². The summed E-state index contributed by atoms with van der Waals surface area (Å²) in [5, 5.41) is 9.78. The highest BCUT2D eigenvalue weighted by Crippen LogP contribution is 2.26. The number of benzene rings is 1. The van der Waals surface area contributed by atoms with Crippen LogP contribution in [0.4, 0.5) is 14.6 Å². The number of anilines is 1. The Morgan fingerprint density at radius 2 is 2.06 bits per heavy atom. The first-order chi connectivity index (χ1) is 15.6. The molecule has 0 saturated carbocycles. The van der Waals surface area contributed by atoms with Crippen molar-refractivity contribution in [1.82, 2.24) is 20.2 Å². The third kappa shape index (κ3) is 6.60. The average molecular weight is 462 g/mol. The Morgan fingerprint density at radius 1 is 1.30 bits per heavy atom. The van der Waals surface area contributed by atoms with Crippen molar-refractivity contribution in [1.29, 1.82) is 0 Å². The van der Waals surface area contributed by atoms with E-state index in [9.17, 15) is 13.6 Å². The predicted molar refractivity (Wildman–Crippen MR) is 127 cm³/mol. The predicted octanol–water partition coefficient (Wildman–Crippen LogP) is 4.15. The fourth-order valence-electron chi connectivity index (χ4n) is 4.27. The van der Waals surface area contributed by atoms with Crippen LogP contribution in [0.5, 0.6) is 0 Å². The van der Waals surface area contributed by atoms with E-state index in [1.54, 1.807) is 6.33 Å². The van der Waals surface area contributed by atoms with Crippen LogP contribution in [0.2, 0.25) is 0 Å². The number of halogens is 2. The summed E-state index contributed by atoms with van der Waals surface area (Å²) in [5.41, 5.74) is 1.08. The zero-order chi connectivity index (χ0) is 24.2. The largest absolute Gasteiger partial charge is 0.328 e. The fourth-order valence-corrected chi connectivity index (χ4v) is 4.27. The average Bonchev–Trinajstić information content (AvgIpc) is 3.22. The molecule has 0 unspecified atom stereocenters. The summed E-state index contributed by atoms with van der Waals surface area (Å²) >= 11 is 0. The molecule has 2 aromatic rings. The summed E-state index contributed by atoms with van der Waals surface area (Å²) in [6.45, 7) is 11.2. The number of amides is 1. The zero-order valence-electron chi connectivity index (χ0n) is 20.3. The van der Waals surface area contributed by atoms with Gasteiger partial charge in [-0.3, -0.25) is 4.79 Å². The van der Waals surface area contributed by atoms with Crippen molar-refractivity contribution in [3.8, 4) is 0 Å².